The summed E-state index contributed by atoms with van der Waals surface area (Å²) in [5.74, 6) is -0.575. The Balaban J connectivity index is 1.98. The highest BCUT2D eigenvalue weighted by molar-refractivity contribution is 7.94. The standard InChI is InChI=1S/C12H10N2O4S2/c1-7-2-5-11(19-7)20(16,17)14-8-3-4-10-9(6-8)13-12(15)18-10/h2-6,14H,1H3,(H,13,15). The van der Waals surface area contributed by atoms with Crippen molar-refractivity contribution in [3.05, 3.63) is 45.8 Å². The van der Waals surface area contributed by atoms with Crippen LogP contribution in [0.3, 0.4) is 0 Å². The fourth-order valence-corrected chi connectivity index (χ4v) is 4.11. The third kappa shape index (κ3) is 2.35. The molecule has 3 aromatic rings. The highest BCUT2D eigenvalue weighted by Crippen LogP contribution is 2.24. The maximum absolute atomic E-state index is 12.2. The van der Waals surface area contributed by atoms with Gasteiger partial charge in [0.15, 0.2) is 5.58 Å². The minimum Gasteiger partial charge on any atom is -0.408 e. The zero-order valence-electron chi connectivity index (χ0n) is 10.3. The molecule has 8 heteroatoms. The van der Waals surface area contributed by atoms with E-state index < -0.39 is 15.8 Å². The number of thiophene rings is 1. The Morgan fingerprint density at radius 2 is 2.05 bits per heavy atom. The van der Waals surface area contributed by atoms with Gasteiger partial charge < -0.3 is 4.42 Å². The van der Waals surface area contributed by atoms with Gasteiger partial charge in [0.05, 0.1) is 11.2 Å². The van der Waals surface area contributed by atoms with E-state index in [9.17, 15) is 13.2 Å². The van der Waals surface area contributed by atoms with Gasteiger partial charge in [0, 0.05) is 4.88 Å². The second-order valence-corrected chi connectivity index (χ2v) is 7.39. The van der Waals surface area contributed by atoms with Crippen LogP contribution in [0.5, 0.6) is 0 Å². The molecule has 2 N–H and O–H groups in total. The predicted octanol–water partition coefficient (Wildman–Crippen LogP) is 2.29. The Kier molecular flexibility index (Phi) is 2.91. The number of oxazole rings is 1. The van der Waals surface area contributed by atoms with Crippen molar-refractivity contribution in [1.29, 1.82) is 0 Å². The Hall–Kier alpha value is -2.06. The summed E-state index contributed by atoms with van der Waals surface area (Å²) >= 11 is 1.19. The summed E-state index contributed by atoms with van der Waals surface area (Å²) in [7, 11) is -3.61. The smallest absolute Gasteiger partial charge is 0.408 e. The van der Waals surface area contributed by atoms with Gasteiger partial charge in [0.1, 0.15) is 4.21 Å². The summed E-state index contributed by atoms with van der Waals surface area (Å²) in [4.78, 5) is 14.4. The van der Waals surface area contributed by atoms with E-state index in [0.717, 1.165) is 4.88 Å². The molecule has 0 radical (unpaired) electrons. The van der Waals surface area contributed by atoms with Crippen LogP contribution in [-0.2, 0) is 10.0 Å². The summed E-state index contributed by atoms with van der Waals surface area (Å²) in [5, 5.41) is 0. The van der Waals surface area contributed by atoms with Gasteiger partial charge in [0.25, 0.3) is 10.0 Å². The number of benzene rings is 1. The summed E-state index contributed by atoms with van der Waals surface area (Å²) in [6.45, 7) is 1.84. The molecule has 3 rings (SSSR count). The Morgan fingerprint density at radius 3 is 2.75 bits per heavy atom. The van der Waals surface area contributed by atoms with Crippen LogP contribution in [-0.4, -0.2) is 13.4 Å². The first-order valence-electron chi connectivity index (χ1n) is 5.66. The minimum atomic E-state index is -3.61. The molecule has 0 saturated carbocycles. The number of nitrogens with one attached hydrogen (secondary N) is 2. The minimum absolute atomic E-state index is 0.246. The molecule has 0 aliphatic rings. The van der Waals surface area contributed by atoms with Crippen LogP contribution >= 0.6 is 11.3 Å². The predicted molar refractivity (Wildman–Crippen MR) is 76.7 cm³/mol. The Labute approximate surface area is 118 Å². The van der Waals surface area contributed by atoms with Crippen LogP contribution < -0.4 is 10.5 Å². The molecule has 104 valence electrons. The van der Waals surface area contributed by atoms with Crippen LogP contribution in [0, 0.1) is 6.92 Å². The zero-order valence-corrected chi connectivity index (χ0v) is 12.0. The van der Waals surface area contributed by atoms with Crippen molar-refractivity contribution in [3.8, 4) is 0 Å². The fraction of sp³-hybridized carbons (Fsp3) is 0.0833. The molecule has 2 heterocycles. The number of hydrogen-bond donors (Lipinski definition) is 2. The second-order valence-electron chi connectivity index (χ2n) is 4.20. The van der Waals surface area contributed by atoms with E-state index in [1.54, 1.807) is 12.1 Å². The first-order valence-corrected chi connectivity index (χ1v) is 7.96. The molecule has 0 unspecified atom stereocenters. The number of hydrogen-bond acceptors (Lipinski definition) is 5. The van der Waals surface area contributed by atoms with E-state index >= 15 is 0 Å². The van der Waals surface area contributed by atoms with Gasteiger partial charge in [-0.1, -0.05) is 0 Å². The fourth-order valence-electron chi connectivity index (χ4n) is 1.78. The van der Waals surface area contributed by atoms with Crippen molar-refractivity contribution < 1.29 is 12.8 Å². The maximum Gasteiger partial charge on any atom is 0.417 e. The second kappa shape index (κ2) is 4.50. The van der Waals surface area contributed by atoms with Crippen molar-refractivity contribution in [2.24, 2.45) is 0 Å². The van der Waals surface area contributed by atoms with Gasteiger partial charge in [-0.2, -0.15) is 0 Å². The number of H-pyrrole nitrogens is 1. The monoisotopic (exact) mass is 310 g/mol. The first-order chi connectivity index (χ1) is 9.44. The third-order valence-corrected chi connectivity index (χ3v) is 5.53. The number of rotatable bonds is 3. The van der Waals surface area contributed by atoms with Gasteiger partial charge >= 0.3 is 5.76 Å². The largest absolute Gasteiger partial charge is 0.417 e. The lowest BCUT2D eigenvalue weighted by Crippen LogP contribution is -2.11. The summed E-state index contributed by atoms with van der Waals surface area (Å²) in [6.07, 6.45) is 0. The van der Waals surface area contributed by atoms with Gasteiger partial charge in [0.2, 0.25) is 0 Å². The van der Waals surface area contributed by atoms with Crippen molar-refractivity contribution in [3.63, 3.8) is 0 Å². The van der Waals surface area contributed by atoms with E-state index in [0.29, 0.717) is 16.8 Å². The number of fused-ring (bicyclic) bond motifs is 1. The van der Waals surface area contributed by atoms with E-state index in [1.807, 2.05) is 6.92 Å². The maximum atomic E-state index is 12.2. The highest BCUT2D eigenvalue weighted by Gasteiger charge is 2.16. The zero-order chi connectivity index (χ0) is 14.3. The molecule has 0 aliphatic carbocycles. The molecule has 0 bridgehead atoms. The molecule has 0 fully saturated rings. The lowest BCUT2D eigenvalue weighted by atomic mass is 10.3. The molecule has 6 nitrogen and oxygen atoms in total. The average molecular weight is 310 g/mol. The molecule has 20 heavy (non-hydrogen) atoms. The van der Waals surface area contributed by atoms with Crippen molar-refractivity contribution in [1.82, 2.24) is 4.98 Å². The molecule has 0 saturated heterocycles. The lowest BCUT2D eigenvalue weighted by molar-refractivity contribution is 0.555. The van der Waals surface area contributed by atoms with Crippen LogP contribution in [0.25, 0.3) is 11.1 Å². The number of anilines is 1. The molecule has 0 spiro atoms. The SMILES string of the molecule is Cc1ccc(S(=O)(=O)Nc2ccc3oc(=O)[nH]c3c2)s1. The first kappa shape index (κ1) is 12.9. The van der Waals surface area contributed by atoms with Gasteiger partial charge in [-0.3, -0.25) is 9.71 Å². The van der Waals surface area contributed by atoms with Crippen molar-refractivity contribution in [2.45, 2.75) is 11.1 Å². The molecule has 1 aromatic carbocycles. The Bertz CT molecular complexity index is 934. The molecular weight excluding hydrogens is 300 g/mol. The quantitative estimate of drug-likeness (QED) is 0.776. The normalized spacial score (nSPS) is 11.8. The number of aryl methyl sites for hydroxylation is 1. The Morgan fingerprint density at radius 1 is 1.25 bits per heavy atom. The lowest BCUT2D eigenvalue weighted by Gasteiger charge is -2.05. The van der Waals surface area contributed by atoms with Crippen LogP contribution in [0.15, 0.2) is 43.8 Å². The topological polar surface area (TPSA) is 92.2 Å². The summed E-state index contributed by atoms with van der Waals surface area (Å²) in [6, 6.07) is 7.89. The van der Waals surface area contributed by atoms with Crippen LogP contribution in [0.4, 0.5) is 5.69 Å². The highest BCUT2D eigenvalue weighted by atomic mass is 32.2. The van der Waals surface area contributed by atoms with E-state index in [-0.39, 0.29) is 4.21 Å². The van der Waals surface area contributed by atoms with Gasteiger partial charge in [-0.25, -0.2) is 13.2 Å². The molecular formula is C12H10N2O4S2. The number of aromatic nitrogens is 1. The van der Waals surface area contributed by atoms with E-state index in [4.69, 9.17) is 4.42 Å². The number of sulfonamides is 1. The van der Waals surface area contributed by atoms with Gasteiger partial charge in [-0.05, 0) is 37.3 Å². The third-order valence-electron chi connectivity index (χ3n) is 2.65. The van der Waals surface area contributed by atoms with Gasteiger partial charge in [-0.15, -0.1) is 11.3 Å². The van der Waals surface area contributed by atoms with E-state index in [2.05, 4.69) is 9.71 Å². The number of aromatic amines is 1. The summed E-state index contributed by atoms with van der Waals surface area (Å²) in [5.41, 5.74) is 1.18. The van der Waals surface area contributed by atoms with Crippen LogP contribution in [0.2, 0.25) is 0 Å². The molecule has 0 aliphatic heterocycles. The van der Waals surface area contributed by atoms with Crippen molar-refractivity contribution in [2.75, 3.05) is 4.72 Å². The molecule has 0 atom stereocenters. The van der Waals surface area contributed by atoms with Crippen LogP contribution in [0.1, 0.15) is 4.88 Å². The van der Waals surface area contributed by atoms with Crippen molar-refractivity contribution >= 4 is 38.1 Å². The average Bonchev–Trinajstić information content (AvgIpc) is 2.93. The summed E-state index contributed by atoms with van der Waals surface area (Å²) < 4.78 is 31.9. The molecule has 2 aromatic heterocycles. The van der Waals surface area contributed by atoms with E-state index in [1.165, 1.54) is 29.5 Å². The molecule has 0 amide bonds.